The highest BCUT2D eigenvalue weighted by molar-refractivity contribution is 5.84. The fourth-order valence-corrected chi connectivity index (χ4v) is 3.88. The molecule has 2 aromatic heterocycles. The molecule has 3 aromatic rings. The van der Waals surface area contributed by atoms with Crippen molar-refractivity contribution < 1.29 is 0 Å². The minimum Gasteiger partial charge on any atom is -0.348 e. The van der Waals surface area contributed by atoms with Crippen molar-refractivity contribution >= 4 is 10.8 Å². The number of pyridine rings is 1. The summed E-state index contributed by atoms with van der Waals surface area (Å²) < 4.78 is 0. The molecule has 130 valence electrons. The maximum absolute atomic E-state index is 4.46. The molecule has 1 saturated heterocycles. The predicted octanol–water partition coefficient (Wildman–Crippen LogP) is 2.56. The second kappa shape index (κ2) is 7.33. The van der Waals surface area contributed by atoms with Gasteiger partial charge in [0.05, 0.1) is 6.54 Å². The van der Waals surface area contributed by atoms with Crippen LogP contribution in [0.3, 0.4) is 0 Å². The number of benzene rings is 1. The molecule has 3 heterocycles. The maximum atomic E-state index is 4.46. The molecule has 0 spiro atoms. The van der Waals surface area contributed by atoms with Gasteiger partial charge in [0, 0.05) is 56.4 Å². The molecule has 25 heavy (non-hydrogen) atoms. The zero-order valence-corrected chi connectivity index (χ0v) is 14.7. The van der Waals surface area contributed by atoms with Gasteiger partial charge in [-0.3, -0.25) is 9.88 Å². The van der Waals surface area contributed by atoms with Crippen LogP contribution in [-0.4, -0.2) is 58.0 Å². The first kappa shape index (κ1) is 16.2. The molecule has 1 atom stereocenters. The molecular weight excluding hydrogens is 310 g/mol. The van der Waals surface area contributed by atoms with Crippen molar-refractivity contribution in [2.45, 2.75) is 13.0 Å². The Balaban J connectivity index is 1.53. The smallest absolute Gasteiger partial charge is 0.120 e. The van der Waals surface area contributed by atoms with Gasteiger partial charge in [0.25, 0.3) is 0 Å². The Hall–Kier alpha value is -2.24. The summed E-state index contributed by atoms with van der Waals surface area (Å²) in [5.41, 5.74) is 1.36. The number of hydrogen-bond acceptors (Lipinski definition) is 4. The molecular formula is C20H25N5. The van der Waals surface area contributed by atoms with E-state index in [0.29, 0.717) is 5.92 Å². The summed E-state index contributed by atoms with van der Waals surface area (Å²) in [4.78, 5) is 17.0. The van der Waals surface area contributed by atoms with Crippen molar-refractivity contribution in [2.24, 2.45) is 5.92 Å². The Morgan fingerprint density at radius 1 is 1.16 bits per heavy atom. The number of fused-ring (bicyclic) bond motifs is 1. The summed E-state index contributed by atoms with van der Waals surface area (Å²) >= 11 is 0. The summed E-state index contributed by atoms with van der Waals surface area (Å²) in [5.74, 6) is 1.64. The second-order valence-corrected chi connectivity index (χ2v) is 7.12. The maximum Gasteiger partial charge on any atom is 0.120 e. The van der Waals surface area contributed by atoms with Crippen LogP contribution in [0.15, 0.2) is 49.1 Å². The fourth-order valence-electron chi connectivity index (χ4n) is 3.88. The molecule has 0 aliphatic carbocycles. The van der Waals surface area contributed by atoms with E-state index in [4.69, 9.17) is 0 Å². The highest BCUT2D eigenvalue weighted by atomic mass is 15.2. The quantitative estimate of drug-likeness (QED) is 0.796. The lowest BCUT2D eigenvalue weighted by molar-refractivity contribution is 0.244. The summed E-state index contributed by atoms with van der Waals surface area (Å²) in [5, 5.41) is 2.57. The summed E-state index contributed by atoms with van der Waals surface area (Å²) in [7, 11) is 2.23. The topological polar surface area (TPSA) is 48.0 Å². The van der Waals surface area contributed by atoms with E-state index in [1.165, 1.54) is 16.3 Å². The van der Waals surface area contributed by atoms with E-state index in [1.54, 1.807) is 0 Å². The van der Waals surface area contributed by atoms with Crippen molar-refractivity contribution in [3.8, 4) is 0 Å². The van der Waals surface area contributed by atoms with Crippen LogP contribution in [0.25, 0.3) is 10.8 Å². The summed E-state index contributed by atoms with van der Waals surface area (Å²) in [6.07, 6.45) is 8.80. The number of imidazole rings is 1. The highest BCUT2D eigenvalue weighted by Gasteiger charge is 2.22. The SMILES string of the molecule is CN1CCN(Cc2ncc[nH]2)CC(Cc2cncc3ccccc23)C1. The van der Waals surface area contributed by atoms with Crippen LogP contribution >= 0.6 is 0 Å². The lowest BCUT2D eigenvalue weighted by Gasteiger charge is -2.23. The van der Waals surface area contributed by atoms with Crippen LogP contribution in [0.2, 0.25) is 0 Å². The lowest BCUT2D eigenvalue weighted by Crippen LogP contribution is -2.31. The molecule has 1 aromatic carbocycles. The molecule has 0 bridgehead atoms. The van der Waals surface area contributed by atoms with E-state index >= 15 is 0 Å². The number of nitrogens with one attached hydrogen (secondary N) is 1. The van der Waals surface area contributed by atoms with Gasteiger partial charge in [0.1, 0.15) is 5.82 Å². The summed E-state index contributed by atoms with van der Waals surface area (Å²) in [6.45, 7) is 5.30. The van der Waals surface area contributed by atoms with Gasteiger partial charge in [0.15, 0.2) is 0 Å². The van der Waals surface area contributed by atoms with Crippen molar-refractivity contribution in [3.05, 3.63) is 60.4 Å². The lowest BCUT2D eigenvalue weighted by atomic mass is 9.96. The molecule has 1 aliphatic rings. The van der Waals surface area contributed by atoms with Crippen molar-refractivity contribution in [3.63, 3.8) is 0 Å². The number of nitrogens with zero attached hydrogens (tertiary/aromatic N) is 4. The van der Waals surface area contributed by atoms with Crippen LogP contribution in [0.1, 0.15) is 11.4 Å². The number of rotatable bonds is 4. The van der Waals surface area contributed by atoms with Crippen molar-refractivity contribution in [2.75, 3.05) is 33.2 Å². The highest BCUT2D eigenvalue weighted by Crippen LogP contribution is 2.22. The Morgan fingerprint density at radius 2 is 2.08 bits per heavy atom. The second-order valence-electron chi connectivity index (χ2n) is 7.12. The average Bonchev–Trinajstić information content (AvgIpc) is 3.06. The first-order valence-corrected chi connectivity index (χ1v) is 8.99. The van der Waals surface area contributed by atoms with Gasteiger partial charge in [-0.15, -0.1) is 0 Å². The molecule has 0 radical (unpaired) electrons. The zero-order valence-electron chi connectivity index (χ0n) is 14.7. The first-order valence-electron chi connectivity index (χ1n) is 8.99. The van der Waals surface area contributed by atoms with Crippen molar-refractivity contribution in [1.82, 2.24) is 24.8 Å². The van der Waals surface area contributed by atoms with E-state index in [0.717, 1.165) is 45.0 Å². The van der Waals surface area contributed by atoms with Crippen LogP contribution in [0, 0.1) is 5.92 Å². The fraction of sp³-hybridized carbons (Fsp3) is 0.400. The molecule has 4 rings (SSSR count). The Kier molecular flexibility index (Phi) is 4.76. The van der Waals surface area contributed by atoms with Crippen LogP contribution in [0.4, 0.5) is 0 Å². The Labute approximate surface area is 148 Å². The molecule has 0 amide bonds. The molecule has 5 nitrogen and oxygen atoms in total. The number of hydrogen-bond donors (Lipinski definition) is 1. The average molecular weight is 335 g/mol. The minimum atomic E-state index is 0.593. The molecule has 1 N–H and O–H groups in total. The third-order valence-electron chi connectivity index (χ3n) is 5.07. The van der Waals surface area contributed by atoms with Gasteiger partial charge in [0.2, 0.25) is 0 Å². The van der Waals surface area contributed by atoms with Gasteiger partial charge in [-0.2, -0.15) is 0 Å². The molecule has 1 fully saturated rings. The van der Waals surface area contributed by atoms with E-state index in [1.807, 2.05) is 24.8 Å². The van der Waals surface area contributed by atoms with Gasteiger partial charge >= 0.3 is 0 Å². The standard InChI is InChI=1S/C20H25N5/c1-24-8-9-25(15-20-22-6-7-23-20)14-16(13-24)10-18-12-21-11-17-4-2-3-5-19(17)18/h2-7,11-12,16H,8-10,13-15H2,1H3,(H,22,23). The Bertz CT molecular complexity index is 809. The van der Waals surface area contributed by atoms with E-state index in [-0.39, 0.29) is 0 Å². The van der Waals surface area contributed by atoms with Crippen LogP contribution < -0.4 is 0 Å². The number of aromatic amines is 1. The van der Waals surface area contributed by atoms with Gasteiger partial charge < -0.3 is 9.88 Å². The number of likely N-dealkylation sites (N-methyl/N-ethyl adjacent to an activating group) is 1. The predicted molar refractivity (Wildman–Crippen MR) is 100 cm³/mol. The third-order valence-corrected chi connectivity index (χ3v) is 5.07. The Morgan fingerprint density at radius 3 is 2.96 bits per heavy atom. The van der Waals surface area contributed by atoms with Gasteiger partial charge in [-0.1, -0.05) is 24.3 Å². The number of H-pyrrole nitrogens is 1. The monoisotopic (exact) mass is 335 g/mol. The van der Waals surface area contributed by atoms with E-state index in [9.17, 15) is 0 Å². The van der Waals surface area contributed by atoms with Crippen molar-refractivity contribution in [1.29, 1.82) is 0 Å². The summed E-state index contributed by atoms with van der Waals surface area (Å²) in [6, 6.07) is 8.56. The van der Waals surface area contributed by atoms with E-state index in [2.05, 4.69) is 56.1 Å². The van der Waals surface area contributed by atoms with Gasteiger partial charge in [-0.25, -0.2) is 4.98 Å². The number of aromatic nitrogens is 3. The normalized spacial score (nSPS) is 20.0. The van der Waals surface area contributed by atoms with Crippen LogP contribution in [-0.2, 0) is 13.0 Å². The third kappa shape index (κ3) is 3.89. The first-order chi connectivity index (χ1) is 12.3. The molecule has 1 aliphatic heterocycles. The molecule has 5 heteroatoms. The minimum absolute atomic E-state index is 0.593. The largest absolute Gasteiger partial charge is 0.348 e. The molecule has 0 saturated carbocycles. The van der Waals surface area contributed by atoms with Crippen LogP contribution in [0.5, 0.6) is 0 Å². The van der Waals surface area contributed by atoms with E-state index < -0.39 is 0 Å². The van der Waals surface area contributed by atoms with Gasteiger partial charge in [-0.05, 0) is 30.3 Å². The molecule has 1 unspecified atom stereocenters. The zero-order chi connectivity index (χ0) is 17.1.